The average Bonchev–Trinajstić information content (AvgIpc) is 3.57. The van der Waals surface area contributed by atoms with E-state index in [4.69, 9.17) is 14.7 Å². The van der Waals surface area contributed by atoms with Crippen LogP contribution in [0, 0.1) is 0 Å². The number of rotatable bonds is 5. The summed E-state index contributed by atoms with van der Waals surface area (Å²) >= 11 is 0. The Bertz CT molecular complexity index is 2890. The third-order valence-corrected chi connectivity index (χ3v) is 11.4. The Morgan fingerprint density at radius 1 is 0.321 bits per heavy atom. The molecule has 0 unspecified atom stereocenters. The molecule has 1 spiro atoms. The maximum atomic E-state index is 6.99. The second-order valence-electron chi connectivity index (χ2n) is 14.5. The van der Waals surface area contributed by atoms with Gasteiger partial charge in [0.25, 0.3) is 0 Å². The van der Waals surface area contributed by atoms with Gasteiger partial charge in [-0.15, -0.1) is 0 Å². The number of benzene rings is 8. The van der Waals surface area contributed by atoms with Crippen LogP contribution < -0.4 is 4.74 Å². The highest BCUT2D eigenvalue weighted by Gasteiger charge is 2.51. The zero-order valence-corrected chi connectivity index (χ0v) is 30.4. The number of hydrogen-bond acceptors (Lipinski definition) is 3. The summed E-state index contributed by atoms with van der Waals surface area (Å²) in [7, 11) is 0. The topological polar surface area (TPSA) is 35.0 Å². The van der Waals surface area contributed by atoms with E-state index in [2.05, 4.69) is 194 Å². The molecule has 0 saturated heterocycles. The molecule has 0 fully saturated rings. The molecule has 262 valence electrons. The molecule has 1 aliphatic heterocycles. The first-order valence-electron chi connectivity index (χ1n) is 19.1. The fourth-order valence-corrected chi connectivity index (χ4v) is 8.88. The van der Waals surface area contributed by atoms with Crippen molar-refractivity contribution in [3.05, 3.63) is 229 Å². The van der Waals surface area contributed by atoms with Crippen LogP contribution >= 0.6 is 0 Å². The lowest BCUT2D eigenvalue weighted by Crippen LogP contribution is -2.32. The van der Waals surface area contributed by atoms with Gasteiger partial charge in [0.05, 0.1) is 16.8 Å². The number of aromatic nitrogens is 2. The fourth-order valence-electron chi connectivity index (χ4n) is 8.88. The summed E-state index contributed by atoms with van der Waals surface area (Å²) in [6.45, 7) is 0. The molecule has 0 atom stereocenters. The van der Waals surface area contributed by atoms with E-state index in [9.17, 15) is 0 Å². The first-order valence-corrected chi connectivity index (χ1v) is 19.1. The van der Waals surface area contributed by atoms with E-state index >= 15 is 0 Å². The van der Waals surface area contributed by atoms with Crippen LogP contribution in [0.5, 0.6) is 11.5 Å². The van der Waals surface area contributed by atoms with Gasteiger partial charge in [0.2, 0.25) is 0 Å². The number of ether oxygens (including phenoxy) is 1. The molecule has 1 aromatic heterocycles. The van der Waals surface area contributed by atoms with Gasteiger partial charge in [-0.3, -0.25) is 0 Å². The molecule has 0 saturated carbocycles. The van der Waals surface area contributed by atoms with E-state index in [0.29, 0.717) is 5.82 Å². The largest absolute Gasteiger partial charge is 0.456 e. The minimum atomic E-state index is -0.525. The van der Waals surface area contributed by atoms with Crippen molar-refractivity contribution in [3.63, 3.8) is 0 Å². The molecule has 3 nitrogen and oxygen atoms in total. The normalized spacial score (nSPS) is 12.9. The molecule has 0 radical (unpaired) electrons. The van der Waals surface area contributed by atoms with Crippen molar-refractivity contribution in [2.24, 2.45) is 0 Å². The molecule has 9 aromatic rings. The van der Waals surface area contributed by atoms with Crippen LogP contribution in [0.25, 0.3) is 67.3 Å². The van der Waals surface area contributed by atoms with E-state index in [0.717, 1.165) is 61.8 Å². The zero-order chi connectivity index (χ0) is 37.1. The lowest BCUT2D eigenvalue weighted by atomic mass is 9.65. The molecule has 0 amide bonds. The Hall–Kier alpha value is -7.36. The standard InChI is InChI=1S/C53H34N2O/c1-3-15-35(16-4-1)36-29-31-38(32-30-36)49-34-48(37-17-5-2-6-18-37)54-52(55-49)40-20-13-19-39(33-40)41-23-14-27-47-51(41)56-50-28-12-11-26-46(50)53(47)44-24-9-7-21-42(44)43-22-8-10-25-45(43)53/h1-34H. The van der Waals surface area contributed by atoms with Crippen LogP contribution in [-0.4, -0.2) is 9.97 Å². The van der Waals surface area contributed by atoms with Crippen LogP contribution in [0.15, 0.2) is 206 Å². The van der Waals surface area contributed by atoms with Gasteiger partial charge in [0.1, 0.15) is 11.5 Å². The van der Waals surface area contributed by atoms with Crippen molar-refractivity contribution >= 4 is 0 Å². The van der Waals surface area contributed by atoms with Gasteiger partial charge in [-0.2, -0.15) is 0 Å². The fraction of sp³-hybridized carbons (Fsp3) is 0.0189. The highest BCUT2D eigenvalue weighted by molar-refractivity contribution is 5.90. The molecule has 2 aliphatic rings. The van der Waals surface area contributed by atoms with Crippen LogP contribution in [0.3, 0.4) is 0 Å². The molecule has 0 bridgehead atoms. The summed E-state index contributed by atoms with van der Waals surface area (Å²) in [5.41, 5.74) is 16.0. The Balaban J connectivity index is 1.07. The average molecular weight is 715 g/mol. The van der Waals surface area contributed by atoms with E-state index in [-0.39, 0.29) is 0 Å². The van der Waals surface area contributed by atoms with Crippen molar-refractivity contribution in [1.82, 2.24) is 9.97 Å². The van der Waals surface area contributed by atoms with Gasteiger partial charge in [-0.1, -0.05) is 188 Å². The van der Waals surface area contributed by atoms with Gasteiger partial charge in [0.15, 0.2) is 5.82 Å². The molecule has 56 heavy (non-hydrogen) atoms. The first kappa shape index (κ1) is 32.1. The molecule has 0 N–H and O–H groups in total. The van der Waals surface area contributed by atoms with Crippen molar-refractivity contribution < 1.29 is 4.74 Å². The van der Waals surface area contributed by atoms with Crippen molar-refractivity contribution in [1.29, 1.82) is 0 Å². The molecule has 2 heterocycles. The maximum absolute atomic E-state index is 6.99. The molecular weight excluding hydrogens is 681 g/mol. The maximum Gasteiger partial charge on any atom is 0.160 e. The molecule has 1 aliphatic carbocycles. The number of para-hydroxylation sites is 2. The van der Waals surface area contributed by atoms with Crippen molar-refractivity contribution in [2.45, 2.75) is 5.41 Å². The summed E-state index contributed by atoms with van der Waals surface area (Å²) in [5.74, 6) is 2.41. The summed E-state index contributed by atoms with van der Waals surface area (Å²) < 4.78 is 6.99. The second-order valence-corrected chi connectivity index (χ2v) is 14.5. The van der Waals surface area contributed by atoms with E-state index in [1.807, 2.05) is 12.1 Å². The Morgan fingerprint density at radius 3 is 1.48 bits per heavy atom. The third-order valence-electron chi connectivity index (χ3n) is 11.4. The smallest absolute Gasteiger partial charge is 0.160 e. The van der Waals surface area contributed by atoms with Crippen LogP contribution in [-0.2, 0) is 5.41 Å². The van der Waals surface area contributed by atoms with Gasteiger partial charge < -0.3 is 4.74 Å². The lowest BCUT2D eigenvalue weighted by molar-refractivity contribution is 0.438. The highest BCUT2D eigenvalue weighted by atomic mass is 16.5. The third kappa shape index (κ3) is 4.98. The van der Waals surface area contributed by atoms with Crippen molar-refractivity contribution in [2.75, 3.05) is 0 Å². The summed E-state index contributed by atoms with van der Waals surface area (Å²) in [5, 5.41) is 0. The molecule has 3 heteroatoms. The summed E-state index contributed by atoms with van der Waals surface area (Å²) in [4.78, 5) is 10.4. The van der Waals surface area contributed by atoms with Gasteiger partial charge >= 0.3 is 0 Å². The predicted molar refractivity (Wildman–Crippen MR) is 227 cm³/mol. The quantitative estimate of drug-likeness (QED) is 0.178. The Kier molecular flexibility index (Phi) is 7.39. The lowest BCUT2D eigenvalue weighted by Gasteiger charge is -2.40. The van der Waals surface area contributed by atoms with E-state index in [1.54, 1.807) is 0 Å². The van der Waals surface area contributed by atoms with Crippen LogP contribution in [0.2, 0.25) is 0 Å². The Morgan fingerprint density at radius 2 is 0.786 bits per heavy atom. The number of nitrogens with zero attached hydrogens (tertiary/aromatic N) is 2. The Labute approximate surface area is 326 Å². The van der Waals surface area contributed by atoms with E-state index in [1.165, 1.54) is 33.4 Å². The second kappa shape index (κ2) is 12.9. The zero-order valence-electron chi connectivity index (χ0n) is 30.4. The van der Waals surface area contributed by atoms with Crippen LogP contribution in [0.1, 0.15) is 22.3 Å². The highest BCUT2D eigenvalue weighted by Crippen LogP contribution is 2.63. The number of fused-ring (bicyclic) bond motifs is 9. The summed E-state index contributed by atoms with van der Waals surface area (Å²) in [6.07, 6.45) is 0. The molecule has 8 aromatic carbocycles. The monoisotopic (exact) mass is 714 g/mol. The van der Waals surface area contributed by atoms with Gasteiger partial charge in [-0.05, 0) is 57.1 Å². The van der Waals surface area contributed by atoms with Crippen LogP contribution in [0.4, 0.5) is 0 Å². The minimum absolute atomic E-state index is 0.525. The molecular formula is C53H34N2O. The first-order chi connectivity index (χ1) is 27.8. The van der Waals surface area contributed by atoms with Gasteiger partial charge in [0, 0.05) is 33.4 Å². The van der Waals surface area contributed by atoms with Crippen molar-refractivity contribution in [3.8, 4) is 78.8 Å². The SMILES string of the molecule is c1ccc(-c2ccc(-c3cc(-c4ccccc4)nc(-c4cccc(-c5cccc6c5Oc5ccccc5C65c6ccccc6-c6ccccc65)c4)n3)cc2)cc1. The van der Waals surface area contributed by atoms with E-state index < -0.39 is 5.41 Å². The predicted octanol–water partition coefficient (Wildman–Crippen LogP) is 13.3. The molecule has 11 rings (SSSR count). The van der Waals surface area contributed by atoms with Gasteiger partial charge in [-0.25, -0.2) is 9.97 Å². The number of hydrogen-bond donors (Lipinski definition) is 0. The minimum Gasteiger partial charge on any atom is -0.456 e. The summed E-state index contributed by atoms with van der Waals surface area (Å²) in [6, 6.07) is 72.9.